The first kappa shape index (κ1) is 15.5. The summed E-state index contributed by atoms with van der Waals surface area (Å²) in [6.45, 7) is 1.61. The number of carbonyl (C=O) groups excluding carboxylic acids is 2. The highest BCUT2D eigenvalue weighted by Gasteiger charge is 2.35. The highest BCUT2D eigenvalue weighted by molar-refractivity contribution is 5.97. The lowest BCUT2D eigenvalue weighted by Crippen LogP contribution is -2.44. The van der Waals surface area contributed by atoms with Crippen LogP contribution in [-0.2, 0) is 19.1 Å². The van der Waals surface area contributed by atoms with E-state index in [9.17, 15) is 9.59 Å². The Morgan fingerprint density at radius 1 is 1.36 bits per heavy atom. The summed E-state index contributed by atoms with van der Waals surface area (Å²) < 4.78 is 10.4. The third-order valence-corrected chi connectivity index (χ3v) is 4.83. The molecule has 0 aromatic rings. The van der Waals surface area contributed by atoms with Gasteiger partial charge in [0.05, 0.1) is 7.11 Å². The Hall–Kier alpha value is -1.40. The van der Waals surface area contributed by atoms with E-state index in [-0.39, 0.29) is 24.3 Å². The zero-order valence-corrected chi connectivity index (χ0v) is 13.1. The lowest BCUT2D eigenvalue weighted by atomic mass is 9.83. The molecule has 1 saturated heterocycles. The first-order chi connectivity index (χ1) is 10.7. The molecule has 6 nitrogen and oxygen atoms in total. The number of Topliss-reactive ketones (excluding diaryl/α,β-unsaturated/α-hetero) is 1. The van der Waals surface area contributed by atoms with Crippen molar-refractivity contribution in [2.75, 3.05) is 20.3 Å². The van der Waals surface area contributed by atoms with Crippen LogP contribution in [-0.4, -0.2) is 43.3 Å². The minimum absolute atomic E-state index is 0.00534. The van der Waals surface area contributed by atoms with Crippen molar-refractivity contribution in [3.8, 4) is 0 Å². The van der Waals surface area contributed by atoms with E-state index in [0.29, 0.717) is 0 Å². The maximum Gasteiger partial charge on any atom is 0.313 e. The van der Waals surface area contributed by atoms with Crippen LogP contribution in [0.5, 0.6) is 0 Å². The molecule has 6 heteroatoms. The molecular formula is C16H24N2O4. The quantitative estimate of drug-likeness (QED) is 0.627. The molecule has 1 fully saturated rings. The largest absolute Gasteiger partial charge is 0.469 e. The number of methoxy groups -OCH3 is 1. The molecule has 0 aromatic carbocycles. The molecule has 2 unspecified atom stereocenters. The van der Waals surface area contributed by atoms with Gasteiger partial charge in [0, 0.05) is 24.8 Å². The van der Waals surface area contributed by atoms with Crippen molar-refractivity contribution in [1.82, 2.24) is 10.4 Å². The second-order valence-corrected chi connectivity index (χ2v) is 6.24. The summed E-state index contributed by atoms with van der Waals surface area (Å²) in [5, 5.41) is 2.18. The molecule has 2 heterocycles. The van der Waals surface area contributed by atoms with Crippen LogP contribution in [0.4, 0.5) is 0 Å². The van der Waals surface area contributed by atoms with Crippen molar-refractivity contribution in [2.24, 2.45) is 5.92 Å². The molecule has 22 heavy (non-hydrogen) atoms. The predicted octanol–water partition coefficient (Wildman–Crippen LogP) is 1.52. The zero-order valence-electron chi connectivity index (χ0n) is 13.1. The molecule has 0 spiro atoms. The second kappa shape index (κ2) is 6.79. The van der Waals surface area contributed by atoms with Gasteiger partial charge in [0.1, 0.15) is 18.4 Å². The highest BCUT2D eigenvalue weighted by Crippen LogP contribution is 2.36. The number of hydrazine groups is 1. The number of esters is 1. The van der Waals surface area contributed by atoms with Gasteiger partial charge in [-0.15, -0.1) is 0 Å². The summed E-state index contributed by atoms with van der Waals surface area (Å²) in [5.74, 6) is -0.482. The molecule has 3 rings (SSSR count). The van der Waals surface area contributed by atoms with Crippen LogP contribution in [0.1, 0.15) is 44.9 Å². The first-order valence-electron chi connectivity index (χ1n) is 8.14. The lowest BCUT2D eigenvalue weighted by molar-refractivity contribution is -0.144. The van der Waals surface area contributed by atoms with E-state index >= 15 is 0 Å². The monoisotopic (exact) mass is 308 g/mol. The minimum atomic E-state index is -0.438. The van der Waals surface area contributed by atoms with Gasteiger partial charge < -0.3 is 9.47 Å². The molecule has 1 aliphatic carbocycles. The maximum absolute atomic E-state index is 12.2. The summed E-state index contributed by atoms with van der Waals surface area (Å²) in [5.41, 5.74) is 6.01. The molecule has 1 N–H and O–H groups in total. The van der Waals surface area contributed by atoms with Gasteiger partial charge in [-0.05, 0) is 44.1 Å². The SMILES string of the molecule is COC(=O)CC(=O)C1CCC2=C(CNN2C2CCCCO2)C1. The summed E-state index contributed by atoms with van der Waals surface area (Å²) in [6.07, 6.45) is 5.84. The fourth-order valence-electron chi connectivity index (χ4n) is 3.58. The molecule has 2 aliphatic heterocycles. The molecule has 0 aromatic heterocycles. The summed E-state index contributed by atoms with van der Waals surface area (Å²) in [6, 6.07) is 0. The van der Waals surface area contributed by atoms with E-state index in [1.807, 2.05) is 0 Å². The number of hydrogen-bond acceptors (Lipinski definition) is 6. The number of allylic oxidation sites excluding steroid dienone is 1. The van der Waals surface area contributed by atoms with Gasteiger partial charge >= 0.3 is 5.97 Å². The predicted molar refractivity (Wildman–Crippen MR) is 79.4 cm³/mol. The van der Waals surface area contributed by atoms with Gasteiger partial charge in [0.15, 0.2) is 0 Å². The first-order valence-corrected chi connectivity index (χ1v) is 8.14. The Kier molecular flexibility index (Phi) is 4.78. The fraction of sp³-hybridized carbons (Fsp3) is 0.750. The third kappa shape index (κ3) is 3.17. The average molecular weight is 308 g/mol. The molecule has 2 atom stereocenters. The minimum Gasteiger partial charge on any atom is -0.469 e. The topological polar surface area (TPSA) is 67.9 Å². The molecule has 0 saturated carbocycles. The van der Waals surface area contributed by atoms with Gasteiger partial charge in [0.25, 0.3) is 0 Å². The summed E-state index contributed by atoms with van der Waals surface area (Å²) in [4.78, 5) is 23.4. The Morgan fingerprint density at radius 2 is 2.23 bits per heavy atom. The van der Waals surface area contributed by atoms with Crippen molar-refractivity contribution < 1.29 is 19.1 Å². The number of ether oxygens (including phenoxy) is 2. The van der Waals surface area contributed by atoms with Crippen molar-refractivity contribution in [3.05, 3.63) is 11.3 Å². The van der Waals surface area contributed by atoms with E-state index in [4.69, 9.17) is 4.74 Å². The van der Waals surface area contributed by atoms with Crippen LogP contribution >= 0.6 is 0 Å². The van der Waals surface area contributed by atoms with Crippen LogP contribution in [0.15, 0.2) is 11.3 Å². The van der Waals surface area contributed by atoms with Gasteiger partial charge in [-0.1, -0.05) is 0 Å². The number of rotatable bonds is 4. The Balaban J connectivity index is 1.62. The van der Waals surface area contributed by atoms with E-state index in [1.54, 1.807) is 0 Å². The van der Waals surface area contributed by atoms with E-state index in [2.05, 4.69) is 15.2 Å². The molecule has 0 amide bonds. The van der Waals surface area contributed by atoms with Crippen molar-refractivity contribution in [2.45, 2.75) is 51.2 Å². The smallest absolute Gasteiger partial charge is 0.313 e. The number of nitrogens with one attached hydrogen (secondary N) is 1. The highest BCUT2D eigenvalue weighted by atomic mass is 16.5. The third-order valence-electron chi connectivity index (χ3n) is 4.83. The van der Waals surface area contributed by atoms with Gasteiger partial charge in [-0.3, -0.25) is 14.6 Å². The number of carbonyl (C=O) groups is 2. The number of hydrogen-bond donors (Lipinski definition) is 1. The zero-order chi connectivity index (χ0) is 15.5. The number of ketones is 1. The molecule has 122 valence electrons. The van der Waals surface area contributed by atoms with Crippen molar-refractivity contribution >= 4 is 11.8 Å². The van der Waals surface area contributed by atoms with Crippen LogP contribution < -0.4 is 5.43 Å². The van der Waals surface area contributed by atoms with Crippen molar-refractivity contribution in [1.29, 1.82) is 0 Å². The molecule has 0 bridgehead atoms. The second-order valence-electron chi connectivity index (χ2n) is 6.24. The van der Waals surface area contributed by atoms with Crippen LogP contribution in [0.25, 0.3) is 0 Å². The lowest BCUT2D eigenvalue weighted by Gasteiger charge is -2.35. The van der Waals surface area contributed by atoms with E-state index in [0.717, 1.165) is 45.3 Å². The summed E-state index contributed by atoms with van der Waals surface area (Å²) >= 11 is 0. The Labute approximate surface area is 130 Å². The fourth-order valence-corrected chi connectivity index (χ4v) is 3.58. The molecule has 3 aliphatic rings. The van der Waals surface area contributed by atoms with Crippen LogP contribution in [0.2, 0.25) is 0 Å². The average Bonchev–Trinajstić information content (AvgIpc) is 2.98. The number of nitrogens with zero attached hydrogens (tertiary/aromatic N) is 1. The Morgan fingerprint density at radius 3 is 2.95 bits per heavy atom. The standard InChI is InChI=1S/C16H24N2O4/c1-21-16(20)9-14(19)11-5-6-13-12(8-11)10-17-18(13)15-4-2-3-7-22-15/h11,15,17H,2-10H2,1H3. The van der Waals surface area contributed by atoms with E-state index in [1.165, 1.54) is 24.8 Å². The normalized spacial score (nSPS) is 28.5. The van der Waals surface area contributed by atoms with Crippen LogP contribution in [0, 0.1) is 5.92 Å². The van der Waals surface area contributed by atoms with E-state index < -0.39 is 5.97 Å². The molecular weight excluding hydrogens is 284 g/mol. The molecule has 0 radical (unpaired) electrons. The van der Waals surface area contributed by atoms with Crippen molar-refractivity contribution in [3.63, 3.8) is 0 Å². The Bertz CT molecular complexity index is 483. The van der Waals surface area contributed by atoms with Gasteiger partial charge in [-0.25, -0.2) is 5.43 Å². The van der Waals surface area contributed by atoms with Crippen LogP contribution in [0.3, 0.4) is 0 Å². The summed E-state index contributed by atoms with van der Waals surface area (Å²) in [7, 11) is 1.32. The van der Waals surface area contributed by atoms with Gasteiger partial charge in [0.2, 0.25) is 0 Å². The maximum atomic E-state index is 12.2. The van der Waals surface area contributed by atoms with Gasteiger partial charge in [-0.2, -0.15) is 0 Å².